The summed E-state index contributed by atoms with van der Waals surface area (Å²) in [6.07, 6.45) is 0.475. The molecule has 144 valence electrons. The van der Waals surface area contributed by atoms with Crippen molar-refractivity contribution in [3.05, 3.63) is 52.2 Å². The van der Waals surface area contributed by atoms with Gasteiger partial charge in [-0.2, -0.15) is 0 Å². The van der Waals surface area contributed by atoms with E-state index in [0.717, 1.165) is 5.56 Å². The highest BCUT2D eigenvalue weighted by molar-refractivity contribution is 7.92. The number of benzene rings is 1. The Bertz CT molecular complexity index is 900. The summed E-state index contributed by atoms with van der Waals surface area (Å²) < 4.78 is 52.7. The van der Waals surface area contributed by atoms with Crippen LogP contribution < -0.4 is 4.72 Å². The van der Waals surface area contributed by atoms with Gasteiger partial charge in [-0.3, -0.25) is 0 Å². The highest BCUT2D eigenvalue weighted by Gasteiger charge is 2.31. The maximum atomic E-state index is 13.2. The molecule has 0 fully saturated rings. The molecule has 1 N–H and O–H groups in total. The summed E-state index contributed by atoms with van der Waals surface area (Å²) in [5.74, 6) is 0.286. The van der Waals surface area contributed by atoms with Gasteiger partial charge in [-0.15, -0.1) is 11.3 Å². The topological polar surface area (TPSA) is 80.3 Å². The molecule has 1 atom stereocenters. The van der Waals surface area contributed by atoms with Gasteiger partial charge in [-0.1, -0.05) is 39.0 Å². The Morgan fingerprint density at radius 2 is 1.69 bits per heavy atom. The van der Waals surface area contributed by atoms with Gasteiger partial charge < -0.3 is 0 Å². The second-order valence-corrected chi connectivity index (χ2v) is 11.5. The zero-order valence-electron chi connectivity index (χ0n) is 15.2. The van der Waals surface area contributed by atoms with E-state index in [0.29, 0.717) is 17.2 Å². The van der Waals surface area contributed by atoms with Crippen LogP contribution >= 0.6 is 11.3 Å². The van der Waals surface area contributed by atoms with Crippen molar-refractivity contribution in [1.82, 2.24) is 4.72 Å². The summed E-state index contributed by atoms with van der Waals surface area (Å²) in [7, 11) is -7.21. The third-order valence-corrected chi connectivity index (χ3v) is 8.86. The number of nitrogens with one attached hydrogen (secondary N) is 1. The number of hydrogen-bond acceptors (Lipinski definition) is 5. The molecule has 8 heteroatoms. The highest BCUT2D eigenvalue weighted by Crippen LogP contribution is 2.32. The average Bonchev–Trinajstić information content (AvgIpc) is 3.08. The molecule has 5 nitrogen and oxygen atoms in total. The molecule has 0 bridgehead atoms. The molecule has 1 heterocycles. The van der Waals surface area contributed by atoms with Crippen LogP contribution in [0.4, 0.5) is 0 Å². The van der Waals surface area contributed by atoms with Crippen molar-refractivity contribution in [2.24, 2.45) is 0 Å². The minimum absolute atomic E-state index is 0.0205. The molecule has 1 aromatic carbocycles. The first kappa shape index (κ1) is 21.1. The number of rotatable bonds is 9. The molecule has 1 aromatic heterocycles. The maximum absolute atomic E-state index is 13.2. The van der Waals surface area contributed by atoms with Gasteiger partial charge in [0.2, 0.25) is 10.0 Å². The largest absolute Gasteiger partial charge is 0.223 e. The molecule has 0 radical (unpaired) electrons. The van der Waals surface area contributed by atoms with Gasteiger partial charge >= 0.3 is 0 Å². The van der Waals surface area contributed by atoms with Crippen LogP contribution in [0.3, 0.4) is 0 Å². The SMILES string of the molecule is CCCS(=O)(=O)NC[C@@H](c1cccs1)S(=O)(=O)c1ccc(C(C)C)cc1. The summed E-state index contributed by atoms with van der Waals surface area (Å²) in [6, 6.07) is 10.3. The molecule has 26 heavy (non-hydrogen) atoms. The Morgan fingerprint density at radius 3 is 2.19 bits per heavy atom. The van der Waals surface area contributed by atoms with Crippen molar-refractivity contribution in [1.29, 1.82) is 0 Å². The smallest absolute Gasteiger partial charge is 0.211 e. The van der Waals surface area contributed by atoms with Gasteiger partial charge in [0.05, 0.1) is 10.6 Å². The second kappa shape index (κ2) is 8.65. The van der Waals surface area contributed by atoms with E-state index in [1.807, 2.05) is 26.0 Å². The van der Waals surface area contributed by atoms with Crippen LogP contribution in [-0.2, 0) is 19.9 Å². The van der Waals surface area contributed by atoms with E-state index >= 15 is 0 Å². The molecule has 0 unspecified atom stereocenters. The summed E-state index contributed by atoms with van der Waals surface area (Å²) in [4.78, 5) is 0.826. The Balaban J connectivity index is 2.35. The van der Waals surface area contributed by atoms with Gasteiger partial charge in [-0.25, -0.2) is 21.6 Å². The molecular formula is C18H25NO4S3. The first-order chi connectivity index (χ1) is 12.2. The van der Waals surface area contributed by atoms with E-state index in [1.165, 1.54) is 11.3 Å². The molecule has 2 aromatic rings. The predicted octanol–water partition coefficient (Wildman–Crippen LogP) is 3.72. The number of hydrogen-bond donors (Lipinski definition) is 1. The Kier molecular flexibility index (Phi) is 7.01. The number of sulfone groups is 1. The van der Waals surface area contributed by atoms with Crippen LogP contribution in [0, 0.1) is 0 Å². The molecule has 0 saturated carbocycles. The van der Waals surface area contributed by atoms with E-state index in [2.05, 4.69) is 4.72 Å². The van der Waals surface area contributed by atoms with Crippen LogP contribution in [0.2, 0.25) is 0 Å². The van der Waals surface area contributed by atoms with Gasteiger partial charge in [0.15, 0.2) is 9.84 Å². The van der Waals surface area contributed by atoms with Gasteiger partial charge in [0.25, 0.3) is 0 Å². The fourth-order valence-electron chi connectivity index (χ4n) is 2.59. The lowest BCUT2D eigenvalue weighted by Crippen LogP contribution is -2.33. The molecular weight excluding hydrogens is 390 g/mol. The van der Waals surface area contributed by atoms with Crippen LogP contribution in [0.5, 0.6) is 0 Å². The summed E-state index contributed by atoms with van der Waals surface area (Å²) >= 11 is 1.31. The first-order valence-electron chi connectivity index (χ1n) is 8.52. The van der Waals surface area contributed by atoms with E-state index in [9.17, 15) is 16.8 Å². The summed E-state index contributed by atoms with van der Waals surface area (Å²) in [5.41, 5.74) is 1.06. The molecule has 0 aliphatic carbocycles. The van der Waals surface area contributed by atoms with Crippen LogP contribution in [-0.4, -0.2) is 29.1 Å². The van der Waals surface area contributed by atoms with Crippen molar-refractivity contribution in [3.63, 3.8) is 0 Å². The number of sulfonamides is 1. The lowest BCUT2D eigenvalue weighted by atomic mass is 10.0. The Labute approximate surface area is 160 Å². The van der Waals surface area contributed by atoms with Crippen molar-refractivity contribution in [2.45, 2.75) is 43.3 Å². The van der Waals surface area contributed by atoms with Gasteiger partial charge in [0, 0.05) is 11.4 Å². The highest BCUT2D eigenvalue weighted by atomic mass is 32.2. The third-order valence-electron chi connectivity index (χ3n) is 4.07. The van der Waals surface area contributed by atoms with Gasteiger partial charge in [0.1, 0.15) is 5.25 Å². The third kappa shape index (κ3) is 5.16. The quantitative estimate of drug-likeness (QED) is 0.677. The van der Waals surface area contributed by atoms with Crippen molar-refractivity contribution in [3.8, 4) is 0 Å². The lowest BCUT2D eigenvalue weighted by Gasteiger charge is -2.18. The lowest BCUT2D eigenvalue weighted by molar-refractivity contribution is 0.569. The van der Waals surface area contributed by atoms with E-state index in [4.69, 9.17) is 0 Å². The van der Waals surface area contributed by atoms with Crippen LogP contribution in [0.25, 0.3) is 0 Å². The minimum atomic E-state index is -3.72. The Morgan fingerprint density at radius 1 is 1.04 bits per heavy atom. The van der Waals surface area contributed by atoms with Crippen molar-refractivity contribution in [2.75, 3.05) is 12.3 Å². The monoisotopic (exact) mass is 415 g/mol. The maximum Gasteiger partial charge on any atom is 0.211 e. The predicted molar refractivity (Wildman–Crippen MR) is 107 cm³/mol. The standard InChI is InChI=1S/C18H25NO4S3/c1-4-12-25(20,21)19-13-18(17-6-5-11-24-17)26(22,23)16-9-7-15(8-10-16)14(2)3/h5-11,14,18-19H,4,12-13H2,1-3H3/t18-/m0/s1. The number of thiophene rings is 1. The molecule has 2 rings (SSSR count). The van der Waals surface area contributed by atoms with Crippen molar-refractivity contribution >= 4 is 31.2 Å². The molecule has 0 aliphatic rings. The zero-order chi connectivity index (χ0) is 19.4. The minimum Gasteiger partial charge on any atom is -0.223 e. The van der Waals surface area contributed by atoms with Gasteiger partial charge in [-0.05, 0) is 41.5 Å². The second-order valence-electron chi connectivity index (χ2n) is 6.44. The first-order valence-corrected chi connectivity index (χ1v) is 12.6. The van der Waals surface area contributed by atoms with E-state index in [-0.39, 0.29) is 17.2 Å². The Hall–Kier alpha value is -1.22. The van der Waals surface area contributed by atoms with E-state index in [1.54, 1.807) is 36.6 Å². The molecule has 0 spiro atoms. The van der Waals surface area contributed by atoms with Crippen LogP contribution in [0.1, 0.15) is 48.8 Å². The zero-order valence-corrected chi connectivity index (χ0v) is 17.6. The summed E-state index contributed by atoms with van der Waals surface area (Å²) in [6.45, 7) is 5.68. The fourth-order valence-corrected chi connectivity index (χ4v) is 6.58. The van der Waals surface area contributed by atoms with Crippen LogP contribution in [0.15, 0.2) is 46.7 Å². The molecule has 0 saturated heterocycles. The average molecular weight is 416 g/mol. The normalized spacial score (nSPS) is 13.8. The van der Waals surface area contributed by atoms with Crippen molar-refractivity contribution < 1.29 is 16.8 Å². The molecule has 0 amide bonds. The van der Waals surface area contributed by atoms with E-state index < -0.39 is 25.1 Å². The fraction of sp³-hybridized carbons (Fsp3) is 0.444. The molecule has 0 aliphatic heterocycles. The summed E-state index contributed by atoms with van der Waals surface area (Å²) in [5, 5.41) is 0.847.